The van der Waals surface area contributed by atoms with Gasteiger partial charge in [0.05, 0.1) is 12.3 Å². The Bertz CT molecular complexity index is 418. The van der Waals surface area contributed by atoms with Crippen LogP contribution in [0.3, 0.4) is 0 Å². The van der Waals surface area contributed by atoms with E-state index in [-0.39, 0.29) is 18.9 Å². The number of carboxylic acid groups (broad SMARTS) is 1. The van der Waals surface area contributed by atoms with E-state index in [2.05, 4.69) is 5.32 Å². The zero-order valence-corrected chi connectivity index (χ0v) is 9.64. The van der Waals surface area contributed by atoms with E-state index in [0.717, 1.165) is 5.56 Å². The maximum absolute atomic E-state index is 11.5. The highest BCUT2D eigenvalue weighted by Gasteiger charge is 2.12. The lowest BCUT2D eigenvalue weighted by Crippen LogP contribution is -2.32. The molecule has 1 aromatic rings. The molecular formula is C12H16N2O3. The third-order valence-corrected chi connectivity index (χ3v) is 2.34. The Morgan fingerprint density at radius 1 is 1.47 bits per heavy atom. The van der Waals surface area contributed by atoms with Crippen LogP contribution in [0.1, 0.15) is 12.5 Å². The first-order valence-corrected chi connectivity index (χ1v) is 5.33. The molecule has 1 atom stereocenters. The molecule has 0 heterocycles. The molecule has 1 amide bonds. The number of hydrogen-bond donors (Lipinski definition) is 3. The van der Waals surface area contributed by atoms with E-state index in [1.165, 1.54) is 0 Å². The number of carbonyl (C=O) groups excluding carboxylic acids is 1. The van der Waals surface area contributed by atoms with Crippen molar-refractivity contribution in [2.24, 2.45) is 5.92 Å². The standard InChI is InChI=1S/C12H16N2O3/c1-8(12(16)17)7-14-11(15)6-9-3-2-4-10(13)5-9/h2-5,8H,6-7,13H2,1H3,(H,14,15)(H,16,17). The van der Waals surface area contributed by atoms with E-state index in [1.54, 1.807) is 31.2 Å². The smallest absolute Gasteiger partial charge is 0.308 e. The highest BCUT2D eigenvalue weighted by molar-refractivity contribution is 5.79. The monoisotopic (exact) mass is 236 g/mol. The SMILES string of the molecule is CC(CNC(=O)Cc1cccc(N)c1)C(=O)O. The van der Waals surface area contributed by atoms with Crippen LogP contribution in [0.25, 0.3) is 0 Å². The third-order valence-electron chi connectivity index (χ3n) is 2.34. The number of carbonyl (C=O) groups is 2. The maximum atomic E-state index is 11.5. The molecule has 5 heteroatoms. The molecule has 0 spiro atoms. The Morgan fingerprint density at radius 3 is 2.76 bits per heavy atom. The first-order chi connectivity index (χ1) is 7.99. The first-order valence-electron chi connectivity index (χ1n) is 5.33. The van der Waals surface area contributed by atoms with E-state index >= 15 is 0 Å². The number of carboxylic acids is 1. The van der Waals surface area contributed by atoms with Gasteiger partial charge < -0.3 is 16.2 Å². The molecule has 0 bridgehead atoms. The van der Waals surface area contributed by atoms with E-state index in [4.69, 9.17) is 10.8 Å². The Kier molecular flexibility index (Phi) is 4.51. The van der Waals surface area contributed by atoms with Crippen molar-refractivity contribution in [1.29, 1.82) is 0 Å². The maximum Gasteiger partial charge on any atom is 0.308 e. The molecule has 0 fully saturated rings. The lowest BCUT2D eigenvalue weighted by atomic mass is 10.1. The van der Waals surface area contributed by atoms with Gasteiger partial charge in [-0.1, -0.05) is 19.1 Å². The molecule has 4 N–H and O–H groups in total. The number of anilines is 1. The largest absolute Gasteiger partial charge is 0.481 e. The van der Waals surface area contributed by atoms with Crippen LogP contribution < -0.4 is 11.1 Å². The van der Waals surface area contributed by atoms with Crippen LogP contribution in [-0.4, -0.2) is 23.5 Å². The number of nitrogen functional groups attached to an aromatic ring is 1. The molecule has 0 aliphatic rings. The third kappa shape index (κ3) is 4.55. The summed E-state index contributed by atoms with van der Waals surface area (Å²) >= 11 is 0. The van der Waals surface area contributed by atoms with E-state index in [9.17, 15) is 9.59 Å². The van der Waals surface area contributed by atoms with Gasteiger partial charge in [0, 0.05) is 12.2 Å². The summed E-state index contributed by atoms with van der Waals surface area (Å²) in [4.78, 5) is 22.1. The molecule has 0 saturated heterocycles. The minimum absolute atomic E-state index is 0.135. The van der Waals surface area contributed by atoms with E-state index in [0.29, 0.717) is 5.69 Å². The van der Waals surface area contributed by atoms with Gasteiger partial charge in [0.1, 0.15) is 0 Å². The molecule has 1 rings (SSSR count). The van der Waals surface area contributed by atoms with Gasteiger partial charge in [0.2, 0.25) is 5.91 Å². The van der Waals surface area contributed by atoms with Crippen LogP contribution in [0.5, 0.6) is 0 Å². The summed E-state index contributed by atoms with van der Waals surface area (Å²) in [6.07, 6.45) is 0.206. The fraction of sp³-hybridized carbons (Fsp3) is 0.333. The van der Waals surface area contributed by atoms with Gasteiger partial charge in [-0.2, -0.15) is 0 Å². The summed E-state index contributed by atoms with van der Waals surface area (Å²) < 4.78 is 0. The second-order valence-electron chi connectivity index (χ2n) is 3.97. The summed E-state index contributed by atoms with van der Waals surface area (Å²) in [5, 5.41) is 11.2. The molecule has 0 saturated carbocycles. The number of benzene rings is 1. The van der Waals surface area contributed by atoms with Gasteiger partial charge in [-0.3, -0.25) is 9.59 Å². The number of nitrogens with two attached hydrogens (primary N) is 1. The van der Waals surface area contributed by atoms with Crippen molar-refractivity contribution >= 4 is 17.6 Å². The average molecular weight is 236 g/mol. The van der Waals surface area contributed by atoms with Crippen molar-refractivity contribution in [2.45, 2.75) is 13.3 Å². The molecule has 1 unspecified atom stereocenters. The number of amides is 1. The van der Waals surface area contributed by atoms with Gasteiger partial charge in [0.15, 0.2) is 0 Å². The molecular weight excluding hydrogens is 220 g/mol. The molecule has 0 aliphatic heterocycles. The molecule has 17 heavy (non-hydrogen) atoms. The minimum Gasteiger partial charge on any atom is -0.481 e. The molecule has 5 nitrogen and oxygen atoms in total. The van der Waals surface area contributed by atoms with Crippen LogP contribution in [0, 0.1) is 5.92 Å². The van der Waals surface area contributed by atoms with Gasteiger partial charge in [0.25, 0.3) is 0 Å². The van der Waals surface area contributed by atoms with Crippen LogP contribution in [0.2, 0.25) is 0 Å². The van der Waals surface area contributed by atoms with E-state index in [1.807, 2.05) is 0 Å². The van der Waals surface area contributed by atoms with Gasteiger partial charge in [-0.15, -0.1) is 0 Å². The van der Waals surface area contributed by atoms with Crippen molar-refractivity contribution in [3.63, 3.8) is 0 Å². The van der Waals surface area contributed by atoms with Crippen LogP contribution in [0.15, 0.2) is 24.3 Å². The highest BCUT2D eigenvalue weighted by atomic mass is 16.4. The topological polar surface area (TPSA) is 92.4 Å². The first kappa shape index (κ1) is 13.0. The quantitative estimate of drug-likeness (QED) is 0.654. The fourth-order valence-corrected chi connectivity index (χ4v) is 1.31. The summed E-state index contributed by atoms with van der Waals surface area (Å²) in [5.41, 5.74) is 7.00. The molecule has 0 radical (unpaired) electrons. The van der Waals surface area contributed by atoms with Crippen molar-refractivity contribution in [3.05, 3.63) is 29.8 Å². The lowest BCUT2D eigenvalue weighted by Gasteiger charge is -2.08. The normalized spacial score (nSPS) is 11.8. The summed E-state index contributed by atoms with van der Waals surface area (Å²) in [6.45, 7) is 1.68. The van der Waals surface area contributed by atoms with Gasteiger partial charge in [-0.25, -0.2) is 0 Å². The predicted octanol–water partition coefficient (Wildman–Crippen LogP) is 0.648. The minimum atomic E-state index is -0.922. The number of rotatable bonds is 5. The Labute approximate surface area is 99.6 Å². The second-order valence-corrected chi connectivity index (χ2v) is 3.97. The average Bonchev–Trinajstić information content (AvgIpc) is 2.25. The van der Waals surface area contributed by atoms with Gasteiger partial charge in [-0.05, 0) is 17.7 Å². The number of nitrogens with one attached hydrogen (secondary N) is 1. The lowest BCUT2D eigenvalue weighted by molar-refractivity contribution is -0.141. The van der Waals surface area contributed by atoms with E-state index < -0.39 is 11.9 Å². The predicted molar refractivity (Wildman–Crippen MR) is 64.4 cm³/mol. The Morgan fingerprint density at radius 2 is 2.18 bits per heavy atom. The molecule has 0 aliphatic carbocycles. The molecule has 1 aromatic carbocycles. The number of hydrogen-bond acceptors (Lipinski definition) is 3. The Balaban J connectivity index is 2.42. The second kappa shape index (κ2) is 5.89. The fourth-order valence-electron chi connectivity index (χ4n) is 1.31. The highest BCUT2D eigenvalue weighted by Crippen LogP contribution is 2.07. The van der Waals surface area contributed by atoms with Gasteiger partial charge >= 0.3 is 5.97 Å². The summed E-state index contributed by atoms with van der Waals surface area (Å²) in [5.74, 6) is -1.71. The summed E-state index contributed by atoms with van der Waals surface area (Å²) in [6, 6.07) is 7.04. The summed E-state index contributed by atoms with van der Waals surface area (Å²) in [7, 11) is 0. The van der Waals surface area contributed by atoms with Crippen molar-refractivity contribution in [2.75, 3.05) is 12.3 Å². The number of aliphatic carboxylic acids is 1. The van der Waals surface area contributed by atoms with Crippen LogP contribution >= 0.6 is 0 Å². The zero-order chi connectivity index (χ0) is 12.8. The van der Waals surface area contributed by atoms with Crippen LogP contribution in [0.4, 0.5) is 5.69 Å². The van der Waals surface area contributed by atoms with Crippen molar-refractivity contribution in [1.82, 2.24) is 5.32 Å². The zero-order valence-electron chi connectivity index (χ0n) is 9.64. The van der Waals surface area contributed by atoms with Crippen LogP contribution in [-0.2, 0) is 16.0 Å². The van der Waals surface area contributed by atoms with Crippen molar-refractivity contribution in [3.8, 4) is 0 Å². The Hall–Kier alpha value is -2.04. The molecule has 0 aromatic heterocycles. The molecule has 92 valence electrons. The van der Waals surface area contributed by atoms with Crippen molar-refractivity contribution < 1.29 is 14.7 Å².